The number of benzene rings is 1. The maximum Gasteiger partial charge on any atom is 0.309 e. The Morgan fingerprint density at radius 2 is 2.00 bits per heavy atom. The molecule has 1 aromatic rings. The highest BCUT2D eigenvalue weighted by Gasteiger charge is 2.13. The lowest BCUT2D eigenvalue weighted by Crippen LogP contribution is -2.23. The second-order valence-electron chi connectivity index (χ2n) is 4.50. The largest absolute Gasteiger partial charge is 0.455 e. The van der Waals surface area contributed by atoms with Gasteiger partial charge in [-0.15, -0.1) is 0 Å². The summed E-state index contributed by atoms with van der Waals surface area (Å²) in [6, 6.07) is 9.00. The van der Waals surface area contributed by atoms with Gasteiger partial charge in [-0.1, -0.05) is 26.0 Å². The fourth-order valence-electron chi connectivity index (χ4n) is 1.44. The predicted molar refractivity (Wildman–Crippen MR) is 74.8 cm³/mol. The zero-order valence-electron chi connectivity index (χ0n) is 11.7. The number of ether oxygens (including phenoxy) is 1. The van der Waals surface area contributed by atoms with E-state index < -0.39 is 0 Å². The summed E-state index contributed by atoms with van der Waals surface area (Å²) >= 11 is 0. The summed E-state index contributed by atoms with van der Waals surface area (Å²) in [5.74, 6) is -0.949. The van der Waals surface area contributed by atoms with E-state index in [-0.39, 0.29) is 24.4 Å². The van der Waals surface area contributed by atoms with E-state index >= 15 is 0 Å². The molecule has 20 heavy (non-hydrogen) atoms. The molecule has 1 atom stereocenters. The van der Waals surface area contributed by atoms with Gasteiger partial charge in [-0.3, -0.25) is 9.59 Å². The summed E-state index contributed by atoms with van der Waals surface area (Å²) in [4.78, 5) is 23.0. The van der Waals surface area contributed by atoms with Gasteiger partial charge in [0.05, 0.1) is 18.4 Å². The first-order chi connectivity index (χ1) is 9.56. The van der Waals surface area contributed by atoms with Crippen molar-refractivity contribution in [1.82, 2.24) is 0 Å². The van der Waals surface area contributed by atoms with E-state index in [1.807, 2.05) is 13.0 Å². The van der Waals surface area contributed by atoms with E-state index in [1.165, 1.54) is 0 Å². The Bertz CT molecular complexity index is 503. The summed E-state index contributed by atoms with van der Waals surface area (Å²) in [5, 5.41) is 11.2. The van der Waals surface area contributed by atoms with E-state index in [0.717, 1.165) is 5.56 Å². The molecule has 1 N–H and O–H groups in total. The zero-order valence-corrected chi connectivity index (χ0v) is 11.7. The molecule has 0 bridgehead atoms. The van der Waals surface area contributed by atoms with Crippen LogP contribution in [-0.2, 0) is 20.7 Å². The highest BCUT2D eigenvalue weighted by atomic mass is 16.5. The van der Waals surface area contributed by atoms with Gasteiger partial charge in [0.2, 0.25) is 0 Å². The van der Waals surface area contributed by atoms with Crippen molar-refractivity contribution in [1.29, 1.82) is 5.26 Å². The average molecular weight is 274 g/mol. The highest BCUT2D eigenvalue weighted by molar-refractivity contribution is 5.92. The summed E-state index contributed by atoms with van der Waals surface area (Å²) in [5.41, 5.74) is 1.49. The van der Waals surface area contributed by atoms with Crippen LogP contribution in [0.4, 0.5) is 5.69 Å². The molecule has 0 saturated heterocycles. The predicted octanol–water partition coefficient (Wildman–Crippen LogP) is 2.28. The number of esters is 1. The van der Waals surface area contributed by atoms with Crippen LogP contribution in [0.2, 0.25) is 0 Å². The van der Waals surface area contributed by atoms with Crippen LogP contribution in [0, 0.1) is 17.2 Å². The van der Waals surface area contributed by atoms with E-state index in [2.05, 4.69) is 5.32 Å². The van der Waals surface area contributed by atoms with Crippen molar-refractivity contribution in [2.75, 3.05) is 11.9 Å². The Morgan fingerprint density at radius 1 is 1.35 bits per heavy atom. The first-order valence-electron chi connectivity index (χ1n) is 6.49. The molecule has 1 rings (SSSR count). The van der Waals surface area contributed by atoms with Crippen molar-refractivity contribution >= 4 is 17.6 Å². The van der Waals surface area contributed by atoms with Crippen molar-refractivity contribution in [3.05, 3.63) is 29.8 Å². The Kier molecular flexibility index (Phi) is 6.24. The molecule has 0 radical (unpaired) electrons. The lowest BCUT2D eigenvalue weighted by molar-refractivity contribution is -0.151. The monoisotopic (exact) mass is 274 g/mol. The second kappa shape index (κ2) is 7.95. The van der Waals surface area contributed by atoms with Crippen LogP contribution in [0.25, 0.3) is 0 Å². The third kappa shape index (κ3) is 5.11. The number of hydrogen-bond acceptors (Lipinski definition) is 4. The molecule has 0 aliphatic rings. The van der Waals surface area contributed by atoms with Crippen molar-refractivity contribution in [2.24, 2.45) is 5.92 Å². The number of anilines is 1. The molecule has 0 aliphatic heterocycles. The van der Waals surface area contributed by atoms with Crippen LogP contribution in [0.5, 0.6) is 0 Å². The van der Waals surface area contributed by atoms with Gasteiger partial charge in [0, 0.05) is 5.69 Å². The molecule has 5 nitrogen and oxygen atoms in total. The number of rotatable bonds is 6. The Hall–Kier alpha value is -2.35. The Morgan fingerprint density at radius 3 is 2.55 bits per heavy atom. The summed E-state index contributed by atoms with van der Waals surface area (Å²) < 4.78 is 4.90. The van der Waals surface area contributed by atoms with Crippen LogP contribution >= 0.6 is 0 Å². The lowest BCUT2D eigenvalue weighted by Gasteiger charge is -2.09. The van der Waals surface area contributed by atoms with Crippen molar-refractivity contribution in [2.45, 2.75) is 26.7 Å². The topological polar surface area (TPSA) is 79.2 Å². The second-order valence-corrected chi connectivity index (χ2v) is 4.50. The van der Waals surface area contributed by atoms with Gasteiger partial charge in [-0.2, -0.15) is 5.26 Å². The molecule has 5 heteroatoms. The van der Waals surface area contributed by atoms with E-state index in [9.17, 15) is 9.59 Å². The minimum Gasteiger partial charge on any atom is -0.455 e. The number of amides is 1. The Labute approximate surface area is 118 Å². The SMILES string of the molecule is CCC(C)C(=O)OCC(=O)Nc1ccc(CC#N)cc1. The molecular formula is C15H18N2O3. The fraction of sp³-hybridized carbons (Fsp3) is 0.400. The van der Waals surface area contributed by atoms with Crippen LogP contribution in [0.3, 0.4) is 0 Å². The quantitative estimate of drug-likeness (QED) is 0.807. The molecule has 0 saturated carbocycles. The number of nitrogens with one attached hydrogen (secondary N) is 1. The molecule has 1 amide bonds. The number of nitrogens with zero attached hydrogens (tertiary/aromatic N) is 1. The van der Waals surface area contributed by atoms with Gasteiger partial charge in [0.1, 0.15) is 0 Å². The zero-order chi connectivity index (χ0) is 15.0. The lowest BCUT2D eigenvalue weighted by atomic mass is 10.1. The molecule has 0 heterocycles. The number of carbonyl (C=O) groups is 2. The van der Waals surface area contributed by atoms with Crippen molar-refractivity contribution in [3.63, 3.8) is 0 Å². The highest BCUT2D eigenvalue weighted by Crippen LogP contribution is 2.10. The minimum atomic E-state index is -0.380. The average Bonchev–Trinajstić information content (AvgIpc) is 2.46. The van der Waals surface area contributed by atoms with Crippen LogP contribution in [-0.4, -0.2) is 18.5 Å². The third-order valence-corrected chi connectivity index (χ3v) is 2.88. The first kappa shape index (κ1) is 15.7. The fourth-order valence-corrected chi connectivity index (χ4v) is 1.44. The summed E-state index contributed by atoms with van der Waals surface area (Å²) in [6.07, 6.45) is 1.02. The van der Waals surface area contributed by atoms with E-state index in [1.54, 1.807) is 31.2 Å². The van der Waals surface area contributed by atoms with Gasteiger partial charge in [-0.05, 0) is 24.1 Å². The van der Waals surface area contributed by atoms with E-state index in [0.29, 0.717) is 18.5 Å². The summed E-state index contributed by atoms with van der Waals surface area (Å²) in [6.45, 7) is 3.35. The van der Waals surface area contributed by atoms with Crippen LogP contribution in [0.15, 0.2) is 24.3 Å². The third-order valence-electron chi connectivity index (χ3n) is 2.88. The van der Waals surface area contributed by atoms with Gasteiger partial charge in [0.25, 0.3) is 5.91 Å². The molecule has 1 unspecified atom stereocenters. The number of hydrogen-bond donors (Lipinski definition) is 1. The Balaban J connectivity index is 2.42. The first-order valence-corrected chi connectivity index (χ1v) is 6.49. The maximum absolute atomic E-state index is 11.6. The normalized spacial score (nSPS) is 11.2. The standard InChI is InChI=1S/C15H18N2O3/c1-3-11(2)15(19)20-10-14(18)17-13-6-4-12(5-7-13)8-9-16/h4-7,11H,3,8,10H2,1-2H3,(H,17,18). The van der Waals surface area contributed by atoms with Crippen molar-refractivity contribution in [3.8, 4) is 6.07 Å². The van der Waals surface area contributed by atoms with Gasteiger partial charge < -0.3 is 10.1 Å². The maximum atomic E-state index is 11.6. The molecule has 0 aliphatic carbocycles. The summed E-state index contributed by atoms with van der Waals surface area (Å²) in [7, 11) is 0. The molecule has 0 fully saturated rings. The molecular weight excluding hydrogens is 256 g/mol. The van der Waals surface area contributed by atoms with E-state index in [4.69, 9.17) is 10.00 Å². The van der Waals surface area contributed by atoms with Crippen LogP contribution in [0.1, 0.15) is 25.8 Å². The minimum absolute atomic E-state index is 0.201. The molecule has 0 spiro atoms. The van der Waals surface area contributed by atoms with Gasteiger partial charge in [-0.25, -0.2) is 0 Å². The molecule has 1 aromatic carbocycles. The number of nitriles is 1. The number of carbonyl (C=O) groups excluding carboxylic acids is 2. The van der Waals surface area contributed by atoms with Crippen LogP contribution < -0.4 is 5.32 Å². The van der Waals surface area contributed by atoms with Crippen molar-refractivity contribution < 1.29 is 14.3 Å². The smallest absolute Gasteiger partial charge is 0.309 e. The van der Waals surface area contributed by atoms with Gasteiger partial charge in [0.15, 0.2) is 6.61 Å². The molecule has 106 valence electrons. The van der Waals surface area contributed by atoms with Gasteiger partial charge >= 0.3 is 5.97 Å². The molecule has 0 aromatic heterocycles.